The number of imidazole rings is 1. The third-order valence-corrected chi connectivity index (χ3v) is 3.64. The van der Waals surface area contributed by atoms with Crippen LogP contribution in [0.4, 0.5) is 5.13 Å². The van der Waals surface area contributed by atoms with Crippen molar-refractivity contribution in [2.45, 2.75) is 6.92 Å². The van der Waals surface area contributed by atoms with Crippen molar-refractivity contribution >= 4 is 43.4 Å². The van der Waals surface area contributed by atoms with Crippen LogP contribution < -0.4 is 5.73 Å². The number of benzene rings is 1. The number of fused-ring (bicyclic) bond motifs is 1. The molecule has 0 aliphatic carbocycles. The normalized spacial score (nSPS) is 11.2. The van der Waals surface area contributed by atoms with E-state index in [9.17, 15) is 0 Å². The molecular weight excluding hydrogens is 300 g/mol. The molecule has 0 amide bonds. The SMILES string of the molecule is Cc1cc(Br)cc2[nH]c(-c3csc(N)n3)nc12. The monoisotopic (exact) mass is 308 g/mol. The smallest absolute Gasteiger partial charge is 0.180 e. The predicted octanol–water partition coefficient (Wildman–Crippen LogP) is 3.34. The van der Waals surface area contributed by atoms with Gasteiger partial charge >= 0.3 is 0 Å². The van der Waals surface area contributed by atoms with Gasteiger partial charge in [-0.25, -0.2) is 9.97 Å². The van der Waals surface area contributed by atoms with Gasteiger partial charge in [0.25, 0.3) is 0 Å². The Bertz CT molecular complexity index is 701. The minimum atomic E-state index is 0.554. The van der Waals surface area contributed by atoms with Crippen molar-refractivity contribution in [3.8, 4) is 11.5 Å². The fraction of sp³-hybridized carbons (Fsp3) is 0.0909. The molecule has 3 rings (SSSR count). The molecule has 3 aromatic rings. The maximum atomic E-state index is 5.62. The van der Waals surface area contributed by atoms with E-state index in [-0.39, 0.29) is 0 Å². The van der Waals surface area contributed by atoms with Crippen LogP contribution in [0, 0.1) is 6.92 Å². The van der Waals surface area contributed by atoms with Gasteiger partial charge in [0, 0.05) is 9.85 Å². The summed E-state index contributed by atoms with van der Waals surface area (Å²) >= 11 is 4.89. The number of hydrogen-bond donors (Lipinski definition) is 2. The van der Waals surface area contributed by atoms with Crippen molar-refractivity contribution in [2.24, 2.45) is 0 Å². The van der Waals surface area contributed by atoms with Gasteiger partial charge in [-0.3, -0.25) is 0 Å². The van der Waals surface area contributed by atoms with Crippen LogP contribution in [0.3, 0.4) is 0 Å². The molecule has 0 atom stereocenters. The number of rotatable bonds is 1. The first-order valence-corrected chi connectivity index (χ1v) is 6.68. The molecule has 6 heteroatoms. The first-order valence-electron chi connectivity index (χ1n) is 5.01. The Balaban J connectivity index is 2.23. The van der Waals surface area contributed by atoms with E-state index in [1.54, 1.807) is 0 Å². The van der Waals surface area contributed by atoms with Gasteiger partial charge in [0.15, 0.2) is 11.0 Å². The quantitative estimate of drug-likeness (QED) is 0.724. The molecule has 3 N–H and O–H groups in total. The van der Waals surface area contributed by atoms with Crippen LogP contribution in [-0.2, 0) is 0 Å². The van der Waals surface area contributed by atoms with E-state index in [4.69, 9.17) is 5.73 Å². The van der Waals surface area contributed by atoms with Gasteiger partial charge in [0.05, 0.1) is 11.0 Å². The van der Waals surface area contributed by atoms with E-state index in [0.717, 1.165) is 32.6 Å². The first kappa shape index (κ1) is 10.7. The van der Waals surface area contributed by atoms with Gasteiger partial charge in [-0.2, -0.15) is 0 Å². The second-order valence-corrected chi connectivity index (χ2v) is 5.58. The topological polar surface area (TPSA) is 67.6 Å². The van der Waals surface area contributed by atoms with E-state index in [0.29, 0.717) is 5.13 Å². The average Bonchev–Trinajstić information content (AvgIpc) is 2.83. The minimum Gasteiger partial charge on any atom is -0.375 e. The van der Waals surface area contributed by atoms with Crippen molar-refractivity contribution < 1.29 is 0 Å². The number of halogens is 1. The standard InChI is InChI=1S/C11H9BrN4S/c1-5-2-6(12)3-7-9(5)16-10(14-7)8-4-17-11(13)15-8/h2-4H,1H3,(H2,13,15)(H,14,16). The van der Waals surface area contributed by atoms with Gasteiger partial charge in [-0.1, -0.05) is 15.9 Å². The zero-order valence-corrected chi connectivity index (χ0v) is 11.4. The number of hydrogen-bond acceptors (Lipinski definition) is 4. The molecule has 17 heavy (non-hydrogen) atoms. The Morgan fingerprint density at radius 1 is 1.35 bits per heavy atom. The molecule has 0 bridgehead atoms. The Kier molecular flexibility index (Phi) is 2.41. The van der Waals surface area contributed by atoms with E-state index in [1.165, 1.54) is 11.3 Å². The van der Waals surface area contributed by atoms with Crippen molar-refractivity contribution in [2.75, 3.05) is 5.73 Å². The first-order chi connectivity index (χ1) is 8.13. The summed E-state index contributed by atoms with van der Waals surface area (Å²) in [5.74, 6) is 0.758. The Hall–Kier alpha value is -1.40. The predicted molar refractivity (Wildman–Crippen MR) is 74.1 cm³/mol. The summed E-state index contributed by atoms with van der Waals surface area (Å²) in [6.45, 7) is 2.03. The molecule has 0 aliphatic heterocycles. The Labute approximate surface area is 110 Å². The molecule has 0 aliphatic rings. The highest BCUT2D eigenvalue weighted by molar-refractivity contribution is 9.10. The molecule has 86 valence electrons. The average molecular weight is 309 g/mol. The summed E-state index contributed by atoms with van der Waals surface area (Å²) in [6.07, 6.45) is 0. The van der Waals surface area contributed by atoms with E-state index < -0.39 is 0 Å². The summed E-state index contributed by atoms with van der Waals surface area (Å²) in [6, 6.07) is 4.05. The molecule has 0 fully saturated rings. The zero-order valence-electron chi connectivity index (χ0n) is 8.99. The largest absolute Gasteiger partial charge is 0.375 e. The third kappa shape index (κ3) is 1.83. The molecule has 2 heterocycles. The Morgan fingerprint density at radius 2 is 2.18 bits per heavy atom. The number of thiazole rings is 1. The van der Waals surface area contributed by atoms with Crippen molar-refractivity contribution in [3.05, 3.63) is 27.5 Å². The lowest BCUT2D eigenvalue weighted by Crippen LogP contribution is -1.84. The molecule has 1 aromatic carbocycles. The van der Waals surface area contributed by atoms with Gasteiger partial charge in [0.1, 0.15) is 5.69 Å². The summed E-state index contributed by atoms with van der Waals surface area (Å²) in [4.78, 5) is 12.0. The number of nitrogen functional groups attached to an aromatic ring is 1. The van der Waals surface area contributed by atoms with Gasteiger partial charge in [-0.05, 0) is 24.6 Å². The van der Waals surface area contributed by atoms with Crippen LogP contribution in [0.1, 0.15) is 5.56 Å². The third-order valence-electron chi connectivity index (χ3n) is 2.51. The number of nitrogens with zero attached hydrogens (tertiary/aromatic N) is 2. The number of nitrogens with one attached hydrogen (secondary N) is 1. The molecule has 0 saturated heterocycles. The van der Waals surface area contributed by atoms with E-state index in [2.05, 4.69) is 30.9 Å². The number of aromatic nitrogens is 3. The van der Waals surface area contributed by atoms with Crippen LogP contribution >= 0.6 is 27.3 Å². The maximum Gasteiger partial charge on any atom is 0.180 e. The van der Waals surface area contributed by atoms with E-state index in [1.807, 2.05) is 24.4 Å². The number of H-pyrrole nitrogens is 1. The van der Waals surface area contributed by atoms with Crippen LogP contribution in [0.2, 0.25) is 0 Å². The van der Waals surface area contributed by atoms with Gasteiger partial charge in [0.2, 0.25) is 0 Å². The lowest BCUT2D eigenvalue weighted by atomic mass is 10.2. The highest BCUT2D eigenvalue weighted by Crippen LogP contribution is 2.27. The molecule has 4 nitrogen and oxygen atoms in total. The van der Waals surface area contributed by atoms with Gasteiger partial charge < -0.3 is 10.7 Å². The molecule has 0 saturated carbocycles. The van der Waals surface area contributed by atoms with Crippen LogP contribution in [-0.4, -0.2) is 15.0 Å². The lowest BCUT2D eigenvalue weighted by Gasteiger charge is -1.94. The highest BCUT2D eigenvalue weighted by Gasteiger charge is 2.10. The van der Waals surface area contributed by atoms with Crippen LogP contribution in [0.15, 0.2) is 22.0 Å². The summed E-state index contributed by atoms with van der Waals surface area (Å²) in [5, 5.41) is 2.45. The zero-order chi connectivity index (χ0) is 12.0. The lowest BCUT2D eigenvalue weighted by molar-refractivity contribution is 1.27. The Morgan fingerprint density at radius 3 is 2.88 bits per heavy atom. The molecule has 0 radical (unpaired) electrons. The van der Waals surface area contributed by atoms with Crippen LogP contribution in [0.5, 0.6) is 0 Å². The van der Waals surface area contributed by atoms with Crippen molar-refractivity contribution in [1.82, 2.24) is 15.0 Å². The molecule has 0 spiro atoms. The highest BCUT2D eigenvalue weighted by atomic mass is 79.9. The fourth-order valence-electron chi connectivity index (χ4n) is 1.76. The minimum absolute atomic E-state index is 0.554. The molecular formula is C11H9BrN4S. The maximum absolute atomic E-state index is 5.62. The summed E-state index contributed by atoms with van der Waals surface area (Å²) in [5.41, 5.74) is 9.50. The molecule has 2 aromatic heterocycles. The number of aromatic amines is 1. The van der Waals surface area contributed by atoms with Crippen molar-refractivity contribution in [1.29, 1.82) is 0 Å². The number of aryl methyl sites for hydroxylation is 1. The second-order valence-electron chi connectivity index (χ2n) is 3.78. The number of anilines is 1. The van der Waals surface area contributed by atoms with E-state index >= 15 is 0 Å². The van der Waals surface area contributed by atoms with Crippen molar-refractivity contribution in [3.63, 3.8) is 0 Å². The number of nitrogens with two attached hydrogens (primary N) is 1. The van der Waals surface area contributed by atoms with Gasteiger partial charge in [-0.15, -0.1) is 11.3 Å². The molecule has 0 unspecified atom stereocenters. The summed E-state index contributed by atoms with van der Waals surface area (Å²) < 4.78 is 1.04. The second kappa shape index (κ2) is 3.82. The fourth-order valence-corrected chi connectivity index (χ4v) is 2.88. The van der Waals surface area contributed by atoms with Crippen LogP contribution in [0.25, 0.3) is 22.6 Å². The summed E-state index contributed by atoms with van der Waals surface area (Å²) in [7, 11) is 0.